The van der Waals surface area contributed by atoms with Gasteiger partial charge in [0, 0.05) is 32.2 Å². The van der Waals surface area contributed by atoms with Crippen LogP contribution >= 0.6 is 11.3 Å². The molecule has 0 aromatic carbocycles. The smallest absolute Gasteiger partial charge is 0.261 e. The second-order valence-corrected chi connectivity index (χ2v) is 6.10. The molecule has 0 aliphatic carbocycles. The Morgan fingerprint density at radius 1 is 1.32 bits per heavy atom. The lowest BCUT2D eigenvalue weighted by molar-refractivity contribution is 0.0959. The van der Waals surface area contributed by atoms with Gasteiger partial charge in [0.2, 0.25) is 0 Å². The summed E-state index contributed by atoms with van der Waals surface area (Å²) >= 11 is 1.44. The van der Waals surface area contributed by atoms with Crippen LogP contribution in [0.5, 0.6) is 0 Å². The molecule has 7 heteroatoms. The molecule has 2 N–H and O–H groups in total. The van der Waals surface area contributed by atoms with Crippen molar-refractivity contribution in [3.8, 4) is 0 Å². The third-order valence-electron chi connectivity index (χ3n) is 3.57. The van der Waals surface area contributed by atoms with Crippen molar-refractivity contribution in [2.75, 3.05) is 36.4 Å². The molecular weight excluding hydrogens is 298 g/mol. The van der Waals surface area contributed by atoms with E-state index in [1.165, 1.54) is 24.2 Å². The molecule has 0 saturated carbocycles. The van der Waals surface area contributed by atoms with Crippen molar-refractivity contribution < 1.29 is 4.79 Å². The van der Waals surface area contributed by atoms with E-state index < -0.39 is 0 Å². The number of rotatable bonds is 6. The molecule has 22 heavy (non-hydrogen) atoms. The van der Waals surface area contributed by atoms with Crippen LogP contribution in [0.1, 0.15) is 22.5 Å². The number of carbonyl (C=O) groups excluding carboxylic acids is 1. The molecule has 1 saturated heterocycles. The highest BCUT2D eigenvalue weighted by molar-refractivity contribution is 7.12. The zero-order valence-corrected chi connectivity index (χ0v) is 13.1. The fourth-order valence-corrected chi connectivity index (χ4v) is 3.09. The number of amides is 1. The molecule has 3 heterocycles. The topological polar surface area (TPSA) is 70.2 Å². The van der Waals surface area contributed by atoms with Crippen LogP contribution < -0.4 is 15.5 Å². The predicted octanol–water partition coefficient (Wildman–Crippen LogP) is 1.98. The first-order chi connectivity index (χ1) is 10.8. The number of nitrogens with one attached hydrogen (secondary N) is 2. The minimum absolute atomic E-state index is 0.0336. The van der Waals surface area contributed by atoms with Gasteiger partial charge in [0.25, 0.3) is 5.91 Å². The van der Waals surface area contributed by atoms with Crippen LogP contribution in [0.25, 0.3) is 0 Å². The maximum Gasteiger partial charge on any atom is 0.261 e. The molecule has 0 radical (unpaired) electrons. The van der Waals surface area contributed by atoms with Crippen LogP contribution in [-0.2, 0) is 0 Å². The second-order valence-electron chi connectivity index (χ2n) is 5.15. The average Bonchev–Trinajstić information content (AvgIpc) is 3.24. The molecule has 2 aromatic heterocycles. The van der Waals surface area contributed by atoms with Gasteiger partial charge in [0.05, 0.1) is 16.8 Å². The van der Waals surface area contributed by atoms with Crippen LogP contribution in [0, 0.1) is 0 Å². The zero-order valence-electron chi connectivity index (χ0n) is 12.3. The summed E-state index contributed by atoms with van der Waals surface area (Å²) in [6.45, 7) is 3.34. The summed E-state index contributed by atoms with van der Waals surface area (Å²) in [7, 11) is 0. The lowest BCUT2D eigenvalue weighted by Gasteiger charge is -2.17. The molecule has 2 aromatic rings. The molecule has 6 nitrogen and oxygen atoms in total. The summed E-state index contributed by atoms with van der Waals surface area (Å²) < 4.78 is 0. The van der Waals surface area contributed by atoms with Crippen LogP contribution in [0.3, 0.4) is 0 Å². The van der Waals surface area contributed by atoms with E-state index >= 15 is 0 Å². The van der Waals surface area contributed by atoms with Gasteiger partial charge in [0.15, 0.2) is 5.82 Å². The standard InChI is InChI=1S/C15H19N5OS/c21-15(13-4-3-9-22-13)17-6-5-16-14-10-12(11-18-19-14)20-7-1-2-8-20/h3-4,9-11H,1-2,5-8H2,(H,16,19)(H,17,21). The van der Waals surface area contributed by atoms with Crippen LogP contribution in [-0.4, -0.2) is 42.3 Å². The Balaban J connectivity index is 1.45. The molecule has 3 rings (SSSR count). The van der Waals surface area contributed by atoms with Gasteiger partial charge >= 0.3 is 0 Å². The minimum Gasteiger partial charge on any atom is -0.370 e. The largest absolute Gasteiger partial charge is 0.370 e. The molecule has 0 spiro atoms. The SMILES string of the molecule is O=C(NCCNc1cc(N2CCCC2)cnn1)c1cccs1. The van der Waals surface area contributed by atoms with E-state index in [2.05, 4.69) is 25.7 Å². The highest BCUT2D eigenvalue weighted by Gasteiger charge is 2.13. The fraction of sp³-hybridized carbons (Fsp3) is 0.400. The number of nitrogens with zero attached hydrogens (tertiary/aromatic N) is 3. The van der Waals surface area contributed by atoms with Gasteiger partial charge in [-0.25, -0.2) is 0 Å². The van der Waals surface area contributed by atoms with Gasteiger partial charge in [-0.2, -0.15) is 5.10 Å². The quantitative estimate of drug-likeness (QED) is 0.797. The van der Waals surface area contributed by atoms with Crippen molar-refractivity contribution in [2.24, 2.45) is 0 Å². The van der Waals surface area contributed by atoms with Crippen molar-refractivity contribution in [3.05, 3.63) is 34.7 Å². The van der Waals surface area contributed by atoms with Gasteiger partial charge in [-0.1, -0.05) is 6.07 Å². The maximum absolute atomic E-state index is 11.8. The van der Waals surface area contributed by atoms with E-state index in [1.54, 1.807) is 6.20 Å². The van der Waals surface area contributed by atoms with Crippen molar-refractivity contribution >= 4 is 28.7 Å². The molecule has 0 unspecified atom stereocenters. The molecule has 1 amide bonds. The first kappa shape index (κ1) is 14.8. The highest BCUT2D eigenvalue weighted by atomic mass is 32.1. The third kappa shape index (κ3) is 3.73. The van der Waals surface area contributed by atoms with E-state index in [9.17, 15) is 4.79 Å². The summed E-state index contributed by atoms with van der Waals surface area (Å²) in [5, 5.41) is 16.1. The van der Waals surface area contributed by atoms with Gasteiger partial charge < -0.3 is 15.5 Å². The number of anilines is 2. The Bertz CT molecular complexity index is 610. The lowest BCUT2D eigenvalue weighted by Crippen LogP contribution is -2.28. The van der Waals surface area contributed by atoms with Crippen LogP contribution in [0.2, 0.25) is 0 Å². The molecule has 1 aliphatic rings. The molecular formula is C15H19N5OS. The van der Waals surface area contributed by atoms with Gasteiger partial charge in [0.1, 0.15) is 0 Å². The Morgan fingerprint density at radius 2 is 2.18 bits per heavy atom. The zero-order chi connectivity index (χ0) is 15.2. The van der Waals surface area contributed by atoms with Crippen LogP contribution in [0.4, 0.5) is 11.5 Å². The van der Waals surface area contributed by atoms with Gasteiger partial charge in [-0.15, -0.1) is 16.4 Å². The van der Waals surface area contributed by atoms with E-state index in [1.807, 2.05) is 23.6 Å². The summed E-state index contributed by atoms with van der Waals surface area (Å²) in [6.07, 6.45) is 4.27. The first-order valence-electron chi connectivity index (χ1n) is 7.46. The summed E-state index contributed by atoms with van der Waals surface area (Å²) in [5.74, 6) is 0.712. The summed E-state index contributed by atoms with van der Waals surface area (Å²) in [6, 6.07) is 5.70. The first-order valence-corrected chi connectivity index (χ1v) is 8.34. The Kier molecular flexibility index (Phi) is 4.85. The highest BCUT2D eigenvalue weighted by Crippen LogP contribution is 2.20. The molecule has 1 aliphatic heterocycles. The number of carbonyl (C=O) groups is 1. The van der Waals surface area contributed by atoms with Crippen molar-refractivity contribution in [3.63, 3.8) is 0 Å². The summed E-state index contributed by atoms with van der Waals surface area (Å²) in [5.41, 5.74) is 1.11. The van der Waals surface area contributed by atoms with E-state index in [0.29, 0.717) is 13.1 Å². The van der Waals surface area contributed by atoms with Gasteiger partial charge in [-0.05, 0) is 24.3 Å². The number of hydrogen-bond acceptors (Lipinski definition) is 6. The van der Waals surface area contributed by atoms with E-state index in [-0.39, 0.29) is 5.91 Å². The molecule has 0 bridgehead atoms. The van der Waals surface area contributed by atoms with Crippen molar-refractivity contribution in [1.82, 2.24) is 15.5 Å². The van der Waals surface area contributed by atoms with Crippen LogP contribution in [0.15, 0.2) is 29.8 Å². The van der Waals surface area contributed by atoms with Crippen molar-refractivity contribution in [2.45, 2.75) is 12.8 Å². The average molecular weight is 317 g/mol. The lowest BCUT2D eigenvalue weighted by atomic mass is 10.4. The molecule has 1 fully saturated rings. The Hall–Kier alpha value is -2.15. The fourth-order valence-electron chi connectivity index (χ4n) is 2.45. The monoisotopic (exact) mass is 317 g/mol. The number of thiophene rings is 1. The normalized spacial score (nSPS) is 14.1. The molecule has 116 valence electrons. The van der Waals surface area contributed by atoms with E-state index in [4.69, 9.17) is 0 Å². The Labute approximate surface area is 133 Å². The summed E-state index contributed by atoms with van der Waals surface area (Å²) in [4.78, 5) is 14.8. The Morgan fingerprint density at radius 3 is 2.95 bits per heavy atom. The van der Waals surface area contributed by atoms with Crippen molar-refractivity contribution in [1.29, 1.82) is 0 Å². The number of hydrogen-bond donors (Lipinski definition) is 2. The number of aromatic nitrogens is 2. The van der Waals surface area contributed by atoms with E-state index in [0.717, 1.165) is 29.5 Å². The maximum atomic E-state index is 11.8. The minimum atomic E-state index is -0.0336. The molecule has 0 atom stereocenters. The van der Waals surface area contributed by atoms with Gasteiger partial charge in [-0.3, -0.25) is 4.79 Å². The second kappa shape index (κ2) is 7.22. The third-order valence-corrected chi connectivity index (χ3v) is 4.44. The predicted molar refractivity (Wildman–Crippen MR) is 88.6 cm³/mol.